The van der Waals surface area contributed by atoms with Gasteiger partial charge in [-0.2, -0.15) is 5.10 Å². The minimum absolute atomic E-state index is 0.0653. The molecule has 0 bridgehead atoms. The molecule has 0 saturated heterocycles. The van der Waals surface area contributed by atoms with Crippen LogP contribution >= 0.6 is 0 Å². The molecule has 1 aromatic rings. The average Bonchev–Trinajstić information content (AvgIpc) is 2.33. The van der Waals surface area contributed by atoms with E-state index in [1.165, 1.54) is 0 Å². The molecular weight excluding hydrogens is 144 g/mol. The highest BCUT2D eigenvalue weighted by Gasteiger charge is 2.03. The standard InChI is InChI=1S/C6H12N4O/c1-8-6-5(7)4-9-10(6)2-3-11/h4,8,11H,2-3,7H2,1H3. The number of nitrogens with one attached hydrogen (secondary N) is 1. The summed E-state index contributed by atoms with van der Waals surface area (Å²) in [6, 6.07) is 0. The Balaban J connectivity index is 2.86. The van der Waals surface area contributed by atoms with Crippen molar-refractivity contribution in [1.82, 2.24) is 9.78 Å². The van der Waals surface area contributed by atoms with E-state index in [1.807, 2.05) is 0 Å². The minimum atomic E-state index is 0.0653. The maximum Gasteiger partial charge on any atom is 0.147 e. The number of anilines is 2. The Kier molecular flexibility index (Phi) is 2.32. The molecule has 0 aromatic carbocycles. The van der Waals surface area contributed by atoms with Gasteiger partial charge in [0.15, 0.2) is 0 Å². The summed E-state index contributed by atoms with van der Waals surface area (Å²) in [6.07, 6.45) is 1.56. The van der Waals surface area contributed by atoms with E-state index in [1.54, 1.807) is 17.9 Å². The lowest BCUT2D eigenvalue weighted by Gasteiger charge is -2.04. The zero-order valence-electron chi connectivity index (χ0n) is 6.41. The topological polar surface area (TPSA) is 76.1 Å². The molecule has 0 unspecified atom stereocenters. The van der Waals surface area contributed by atoms with Gasteiger partial charge in [-0.25, -0.2) is 4.68 Å². The fourth-order valence-electron chi connectivity index (χ4n) is 0.937. The number of nitrogen functional groups attached to an aromatic ring is 1. The summed E-state index contributed by atoms with van der Waals surface area (Å²) < 4.78 is 1.62. The summed E-state index contributed by atoms with van der Waals surface area (Å²) in [5.41, 5.74) is 6.15. The van der Waals surface area contributed by atoms with Crippen molar-refractivity contribution in [2.24, 2.45) is 0 Å². The van der Waals surface area contributed by atoms with Gasteiger partial charge in [0.05, 0.1) is 25.0 Å². The van der Waals surface area contributed by atoms with Crippen molar-refractivity contribution >= 4 is 11.5 Å². The maximum absolute atomic E-state index is 8.62. The first-order valence-electron chi connectivity index (χ1n) is 3.39. The van der Waals surface area contributed by atoms with Gasteiger partial charge in [-0.15, -0.1) is 0 Å². The van der Waals surface area contributed by atoms with E-state index in [0.717, 1.165) is 5.82 Å². The van der Waals surface area contributed by atoms with Crippen LogP contribution in [0.15, 0.2) is 6.20 Å². The van der Waals surface area contributed by atoms with E-state index >= 15 is 0 Å². The molecule has 5 heteroatoms. The fraction of sp³-hybridized carbons (Fsp3) is 0.500. The third-order valence-corrected chi connectivity index (χ3v) is 1.42. The Morgan fingerprint density at radius 1 is 1.82 bits per heavy atom. The molecule has 62 valence electrons. The van der Waals surface area contributed by atoms with E-state index < -0.39 is 0 Å². The highest BCUT2D eigenvalue weighted by atomic mass is 16.3. The third-order valence-electron chi connectivity index (χ3n) is 1.42. The summed E-state index contributed by atoms with van der Waals surface area (Å²) in [4.78, 5) is 0. The maximum atomic E-state index is 8.62. The van der Waals surface area contributed by atoms with Crippen molar-refractivity contribution in [3.8, 4) is 0 Å². The van der Waals surface area contributed by atoms with Gasteiger partial charge in [0.1, 0.15) is 5.82 Å². The Bertz CT molecular complexity index is 232. The molecule has 1 rings (SSSR count). The molecular formula is C6H12N4O. The van der Waals surface area contributed by atoms with Crippen LogP contribution in [0.2, 0.25) is 0 Å². The van der Waals surface area contributed by atoms with Crippen LogP contribution in [0.4, 0.5) is 11.5 Å². The first-order chi connectivity index (χ1) is 5.29. The molecule has 0 aliphatic heterocycles. The van der Waals surface area contributed by atoms with E-state index in [2.05, 4.69) is 10.4 Å². The molecule has 0 aliphatic carbocycles. The lowest BCUT2D eigenvalue weighted by atomic mass is 10.5. The fourth-order valence-corrected chi connectivity index (χ4v) is 0.937. The van der Waals surface area contributed by atoms with Crippen LogP contribution in [-0.2, 0) is 6.54 Å². The van der Waals surface area contributed by atoms with Gasteiger partial charge in [-0.3, -0.25) is 0 Å². The predicted octanol–water partition coefficient (Wildman–Crippen LogP) is -0.501. The first-order valence-corrected chi connectivity index (χ1v) is 3.39. The molecule has 5 nitrogen and oxygen atoms in total. The number of aliphatic hydroxyl groups excluding tert-OH is 1. The lowest BCUT2D eigenvalue weighted by Crippen LogP contribution is -2.08. The smallest absolute Gasteiger partial charge is 0.147 e. The number of nitrogens with zero attached hydrogens (tertiary/aromatic N) is 2. The molecule has 0 spiro atoms. The van der Waals surface area contributed by atoms with Crippen molar-refractivity contribution in [3.05, 3.63) is 6.20 Å². The number of hydrogen-bond donors (Lipinski definition) is 3. The molecule has 1 heterocycles. The molecule has 0 saturated carbocycles. The molecule has 0 amide bonds. The normalized spacial score (nSPS) is 10.0. The zero-order chi connectivity index (χ0) is 8.27. The van der Waals surface area contributed by atoms with Gasteiger partial charge < -0.3 is 16.2 Å². The number of hydrogen-bond acceptors (Lipinski definition) is 4. The van der Waals surface area contributed by atoms with Gasteiger partial charge in [0.25, 0.3) is 0 Å². The van der Waals surface area contributed by atoms with Crippen LogP contribution < -0.4 is 11.1 Å². The second-order valence-electron chi connectivity index (χ2n) is 2.15. The Hall–Kier alpha value is -1.23. The van der Waals surface area contributed by atoms with Gasteiger partial charge in [0.2, 0.25) is 0 Å². The molecule has 0 radical (unpaired) electrons. The van der Waals surface area contributed by atoms with E-state index in [-0.39, 0.29) is 6.61 Å². The van der Waals surface area contributed by atoms with Crippen molar-refractivity contribution < 1.29 is 5.11 Å². The van der Waals surface area contributed by atoms with E-state index in [9.17, 15) is 0 Å². The third kappa shape index (κ3) is 1.43. The van der Waals surface area contributed by atoms with Gasteiger partial charge in [-0.1, -0.05) is 0 Å². The number of aromatic nitrogens is 2. The summed E-state index contributed by atoms with van der Waals surface area (Å²) in [6.45, 7) is 0.531. The molecule has 4 N–H and O–H groups in total. The van der Waals surface area contributed by atoms with Crippen LogP contribution in [0.3, 0.4) is 0 Å². The number of rotatable bonds is 3. The first kappa shape index (κ1) is 7.87. The Labute approximate surface area is 64.8 Å². The van der Waals surface area contributed by atoms with Crippen LogP contribution in [0.25, 0.3) is 0 Å². The predicted molar refractivity (Wildman–Crippen MR) is 43.3 cm³/mol. The van der Waals surface area contributed by atoms with Gasteiger partial charge >= 0.3 is 0 Å². The zero-order valence-corrected chi connectivity index (χ0v) is 6.41. The summed E-state index contributed by atoms with van der Waals surface area (Å²) in [7, 11) is 1.77. The summed E-state index contributed by atoms with van der Waals surface area (Å²) >= 11 is 0. The molecule has 1 aromatic heterocycles. The molecule has 0 fully saturated rings. The second-order valence-corrected chi connectivity index (χ2v) is 2.15. The highest BCUT2D eigenvalue weighted by molar-refractivity contribution is 5.60. The van der Waals surface area contributed by atoms with Crippen LogP contribution in [0.5, 0.6) is 0 Å². The molecule has 0 atom stereocenters. The van der Waals surface area contributed by atoms with E-state index in [4.69, 9.17) is 10.8 Å². The van der Waals surface area contributed by atoms with Crippen molar-refractivity contribution in [2.75, 3.05) is 24.7 Å². The highest BCUT2D eigenvalue weighted by Crippen LogP contribution is 2.15. The van der Waals surface area contributed by atoms with E-state index in [0.29, 0.717) is 12.2 Å². The monoisotopic (exact) mass is 156 g/mol. The van der Waals surface area contributed by atoms with Crippen LogP contribution in [0.1, 0.15) is 0 Å². The SMILES string of the molecule is CNc1c(N)cnn1CCO. The number of aliphatic hydroxyl groups is 1. The minimum Gasteiger partial charge on any atom is -0.394 e. The van der Waals surface area contributed by atoms with Gasteiger partial charge in [-0.05, 0) is 0 Å². The number of nitrogens with two attached hydrogens (primary N) is 1. The van der Waals surface area contributed by atoms with Crippen LogP contribution in [-0.4, -0.2) is 28.5 Å². The second kappa shape index (κ2) is 3.25. The Morgan fingerprint density at radius 3 is 3.09 bits per heavy atom. The molecule has 0 aliphatic rings. The van der Waals surface area contributed by atoms with Crippen molar-refractivity contribution in [2.45, 2.75) is 6.54 Å². The quantitative estimate of drug-likeness (QED) is 0.551. The van der Waals surface area contributed by atoms with Crippen LogP contribution in [0, 0.1) is 0 Å². The van der Waals surface area contributed by atoms with Crippen molar-refractivity contribution in [3.63, 3.8) is 0 Å². The summed E-state index contributed by atoms with van der Waals surface area (Å²) in [5, 5.41) is 15.5. The van der Waals surface area contributed by atoms with Crippen molar-refractivity contribution in [1.29, 1.82) is 0 Å². The lowest BCUT2D eigenvalue weighted by molar-refractivity contribution is 0.270. The average molecular weight is 156 g/mol. The molecule has 11 heavy (non-hydrogen) atoms. The summed E-state index contributed by atoms with van der Waals surface area (Å²) in [5.74, 6) is 0.749. The Morgan fingerprint density at radius 2 is 2.55 bits per heavy atom. The largest absolute Gasteiger partial charge is 0.394 e. The van der Waals surface area contributed by atoms with Gasteiger partial charge in [0, 0.05) is 7.05 Å².